The molecule has 0 aromatic carbocycles. The molecule has 0 unspecified atom stereocenters. The van der Waals surface area contributed by atoms with Gasteiger partial charge in [0.2, 0.25) is 6.08 Å². The van der Waals surface area contributed by atoms with E-state index in [9.17, 15) is 18.0 Å². The van der Waals surface area contributed by atoms with Crippen molar-refractivity contribution in [3.63, 3.8) is 0 Å². The number of aromatic nitrogens is 1. The van der Waals surface area contributed by atoms with Gasteiger partial charge in [-0.05, 0) is 6.07 Å². The average Bonchev–Trinajstić information content (AvgIpc) is 2.16. The molecule has 0 saturated heterocycles. The largest absolute Gasteiger partial charge is 0.496 e. The van der Waals surface area contributed by atoms with E-state index in [2.05, 4.69) is 14.7 Å². The lowest BCUT2D eigenvalue weighted by Gasteiger charge is -2.12. The third-order valence-electron chi connectivity index (χ3n) is 1.55. The first-order valence-corrected chi connectivity index (χ1v) is 3.68. The second kappa shape index (κ2) is 4.10. The third kappa shape index (κ3) is 2.32. The Labute approximate surface area is 82.4 Å². The minimum absolute atomic E-state index is 0.438. The Hall–Kier alpha value is -1.88. The van der Waals surface area contributed by atoms with Gasteiger partial charge in [0, 0.05) is 6.20 Å². The Morgan fingerprint density at radius 3 is 2.67 bits per heavy atom. The van der Waals surface area contributed by atoms with Gasteiger partial charge < -0.3 is 4.74 Å². The summed E-state index contributed by atoms with van der Waals surface area (Å²) in [5, 5.41) is 0. The number of alkyl halides is 3. The summed E-state index contributed by atoms with van der Waals surface area (Å²) in [5.41, 5.74) is -1.18. The molecule has 1 aromatic heterocycles. The number of nitrogens with zero attached hydrogens (tertiary/aromatic N) is 2. The zero-order valence-corrected chi connectivity index (χ0v) is 7.50. The molecule has 1 heterocycles. The lowest BCUT2D eigenvalue weighted by atomic mass is 10.2. The quantitative estimate of drug-likeness (QED) is 0.564. The number of halogens is 3. The molecule has 0 saturated carbocycles. The first-order valence-electron chi connectivity index (χ1n) is 3.68. The highest BCUT2D eigenvalue weighted by Crippen LogP contribution is 2.40. The normalized spacial score (nSPS) is 10.7. The molecule has 4 nitrogen and oxygen atoms in total. The van der Waals surface area contributed by atoms with E-state index in [4.69, 9.17) is 0 Å². The fraction of sp³-hybridized carbons (Fsp3) is 0.250. The van der Waals surface area contributed by atoms with Gasteiger partial charge in [0.1, 0.15) is 11.3 Å². The van der Waals surface area contributed by atoms with Gasteiger partial charge in [-0.3, -0.25) is 0 Å². The molecule has 0 bridgehead atoms. The molecule has 0 fully saturated rings. The zero-order chi connectivity index (χ0) is 11.5. The van der Waals surface area contributed by atoms with E-state index in [1.165, 1.54) is 0 Å². The van der Waals surface area contributed by atoms with Crippen molar-refractivity contribution in [1.29, 1.82) is 0 Å². The van der Waals surface area contributed by atoms with Gasteiger partial charge in [-0.1, -0.05) is 0 Å². The van der Waals surface area contributed by atoms with Crippen LogP contribution in [0.15, 0.2) is 17.3 Å². The number of hydrogen-bond donors (Lipinski definition) is 0. The molecule has 0 atom stereocenters. The molecule has 0 amide bonds. The Balaban J connectivity index is 3.47. The molecule has 0 aliphatic rings. The monoisotopic (exact) mass is 218 g/mol. The molecule has 0 spiro atoms. The van der Waals surface area contributed by atoms with E-state index in [1.807, 2.05) is 0 Å². The van der Waals surface area contributed by atoms with Crippen LogP contribution in [-0.4, -0.2) is 18.2 Å². The number of carbonyl (C=O) groups excluding carboxylic acids is 1. The van der Waals surface area contributed by atoms with Crippen LogP contribution in [0.3, 0.4) is 0 Å². The fourth-order valence-corrected chi connectivity index (χ4v) is 0.998. The summed E-state index contributed by atoms with van der Waals surface area (Å²) in [6.45, 7) is 0. The number of hydrogen-bond acceptors (Lipinski definition) is 4. The molecule has 15 heavy (non-hydrogen) atoms. The standard InChI is InChI=1S/C8H5F3N2O2/c1-15-5-2-3-12-7(13-4-14)6(5)8(9,10)11/h2-3H,1H3. The van der Waals surface area contributed by atoms with Crippen molar-refractivity contribution >= 4 is 11.9 Å². The highest BCUT2D eigenvalue weighted by molar-refractivity contribution is 5.54. The third-order valence-corrected chi connectivity index (χ3v) is 1.55. The minimum Gasteiger partial charge on any atom is -0.496 e. The van der Waals surface area contributed by atoms with Crippen LogP contribution in [0.4, 0.5) is 19.0 Å². The zero-order valence-electron chi connectivity index (χ0n) is 7.50. The van der Waals surface area contributed by atoms with E-state index >= 15 is 0 Å². The number of methoxy groups -OCH3 is 1. The van der Waals surface area contributed by atoms with E-state index in [1.54, 1.807) is 0 Å². The second-order valence-electron chi connectivity index (χ2n) is 2.41. The van der Waals surface area contributed by atoms with Crippen LogP contribution in [-0.2, 0) is 11.0 Å². The SMILES string of the molecule is COc1ccnc(N=C=O)c1C(F)(F)F. The van der Waals surface area contributed by atoms with Crippen LogP contribution >= 0.6 is 0 Å². The highest BCUT2D eigenvalue weighted by Gasteiger charge is 2.38. The molecule has 1 rings (SSSR count). The molecular formula is C8H5F3N2O2. The van der Waals surface area contributed by atoms with Gasteiger partial charge in [0.05, 0.1) is 7.11 Å². The molecule has 80 valence electrons. The Morgan fingerprint density at radius 1 is 1.53 bits per heavy atom. The molecule has 0 radical (unpaired) electrons. The summed E-state index contributed by atoms with van der Waals surface area (Å²) >= 11 is 0. The van der Waals surface area contributed by atoms with E-state index in [0.29, 0.717) is 0 Å². The number of aliphatic imine (C=N–C) groups is 1. The van der Waals surface area contributed by atoms with Crippen molar-refractivity contribution in [1.82, 2.24) is 4.98 Å². The van der Waals surface area contributed by atoms with Crippen molar-refractivity contribution in [3.8, 4) is 5.75 Å². The molecule has 0 aliphatic heterocycles. The molecule has 0 aliphatic carbocycles. The van der Waals surface area contributed by atoms with E-state index in [0.717, 1.165) is 25.5 Å². The van der Waals surface area contributed by atoms with Gasteiger partial charge in [0.25, 0.3) is 0 Å². The molecule has 7 heteroatoms. The van der Waals surface area contributed by atoms with Crippen molar-refractivity contribution in [2.75, 3.05) is 7.11 Å². The smallest absolute Gasteiger partial charge is 0.423 e. The maximum Gasteiger partial charge on any atom is 0.423 e. The van der Waals surface area contributed by atoms with Crippen molar-refractivity contribution in [2.24, 2.45) is 4.99 Å². The maximum atomic E-state index is 12.5. The molecule has 1 aromatic rings. The van der Waals surface area contributed by atoms with Gasteiger partial charge in [-0.15, -0.1) is 4.99 Å². The van der Waals surface area contributed by atoms with Gasteiger partial charge in [-0.25, -0.2) is 9.78 Å². The number of rotatable bonds is 2. The summed E-state index contributed by atoms with van der Waals surface area (Å²) in [4.78, 5) is 16.1. The van der Waals surface area contributed by atoms with Crippen molar-refractivity contribution < 1.29 is 22.7 Å². The van der Waals surface area contributed by atoms with Crippen LogP contribution in [0.2, 0.25) is 0 Å². The van der Waals surface area contributed by atoms with Crippen LogP contribution in [0.25, 0.3) is 0 Å². The number of ether oxygens (including phenoxy) is 1. The number of isocyanates is 1. The Morgan fingerprint density at radius 2 is 2.20 bits per heavy atom. The Bertz CT molecular complexity index is 411. The van der Waals surface area contributed by atoms with Crippen LogP contribution in [0.1, 0.15) is 5.56 Å². The lowest BCUT2D eigenvalue weighted by Crippen LogP contribution is -2.08. The molecular weight excluding hydrogens is 213 g/mol. The predicted molar refractivity (Wildman–Crippen MR) is 43.6 cm³/mol. The van der Waals surface area contributed by atoms with Crippen LogP contribution in [0.5, 0.6) is 5.75 Å². The second-order valence-corrected chi connectivity index (χ2v) is 2.41. The lowest BCUT2D eigenvalue weighted by molar-refractivity contribution is -0.138. The highest BCUT2D eigenvalue weighted by atomic mass is 19.4. The first kappa shape index (κ1) is 11.2. The summed E-state index contributed by atoms with van der Waals surface area (Å²) < 4.78 is 42.0. The maximum absolute atomic E-state index is 12.5. The van der Waals surface area contributed by atoms with Gasteiger partial charge in [-0.2, -0.15) is 13.2 Å². The summed E-state index contributed by atoms with van der Waals surface area (Å²) in [5.74, 6) is -1.19. The number of pyridine rings is 1. The minimum atomic E-state index is -4.69. The molecule has 0 N–H and O–H groups in total. The summed E-state index contributed by atoms with van der Waals surface area (Å²) in [6, 6.07) is 1.03. The topological polar surface area (TPSA) is 51.6 Å². The average molecular weight is 218 g/mol. The van der Waals surface area contributed by atoms with E-state index < -0.39 is 23.3 Å². The predicted octanol–water partition coefficient (Wildman–Crippen LogP) is 2.08. The van der Waals surface area contributed by atoms with Gasteiger partial charge >= 0.3 is 6.18 Å². The van der Waals surface area contributed by atoms with Crippen molar-refractivity contribution in [2.45, 2.75) is 6.18 Å². The van der Waals surface area contributed by atoms with Crippen molar-refractivity contribution in [3.05, 3.63) is 17.8 Å². The summed E-state index contributed by atoms with van der Waals surface area (Å²) in [7, 11) is 1.08. The first-order chi connectivity index (χ1) is 7.00. The van der Waals surface area contributed by atoms with E-state index in [-0.39, 0.29) is 0 Å². The fourth-order valence-electron chi connectivity index (χ4n) is 0.998. The van der Waals surface area contributed by atoms with Gasteiger partial charge in [0.15, 0.2) is 5.82 Å². The van der Waals surface area contributed by atoms with Crippen LogP contribution < -0.4 is 4.74 Å². The Kier molecular flexibility index (Phi) is 3.06. The van der Waals surface area contributed by atoms with Crippen LogP contribution in [0, 0.1) is 0 Å². The summed E-state index contributed by atoms with van der Waals surface area (Å²) in [6.07, 6.45) is -2.62.